The molecule has 0 saturated carbocycles. The summed E-state index contributed by atoms with van der Waals surface area (Å²) in [5, 5.41) is 0.984. The first kappa shape index (κ1) is 19.0. The number of nitrogens with two attached hydrogens (primary N) is 1. The maximum atomic E-state index is 12.1. The van der Waals surface area contributed by atoms with E-state index in [2.05, 4.69) is 10.3 Å². The number of ether oxygens (including phenoxy) is 2. The highest BCUT2D eigenvalue weighted by molar-refractivity contribution is 8.18. The molecular formula is C16H13N3O6S2. The van der Waals surface area contributed by atoms with Crippen molar-refractivity contribution in [2.24, 2.45) is 10.7 Å². The quantitative estimate of drug-likeness (QED) is 0.420. The number of nitrogens with zero attached hydrogens (tertiary/aromatic N) is 1. The molecule has 0 bridgehead atoms. The highest BCUT2D eigenvalue weighted by Gasteiger charge is 2.34. The van der Waals surface area contributed by atoms with Crippen molar-refractivity contribution in [2.75, 3.05) is 7.11 Å². The van der Waals surface area contributed by atoms with Crippen LogP contribution in [0.1, 0.15) is 12.0 Å². The summed E-state index contributed by atoms with van der Waals surface area (Å²) < 4.78 is 10.5. The Morgan fingerprint density at radius 1 is 1.33 bits per heavy atom. The second-order valence-electron chi connectivity index (χ2n) is 5.34. The fourth-order valence-corrected chi connectivity index (χ4v) is 3.76. The van der Waals surface area contributed by atoms with E-state index in [1.807, 2.05) is 0 Å². The Kier molecular flexibility index (Phi) is 5.51. The van der Waals surface area contributed by atoms with Gasteiger partial charge in [0.25, 0.3) is 11.1 Å². The molecule has 0 aliphatic carbocycles. The summed E-state index contributed by atoms with van der Waals surface area (Å²) in [6, 6.07) is 4.71. The predicted octanol–water partition coefficient (Wildman–Crippen LogP) is 1.27. The zero-order valence-corrected chi connectivity index (χ0v) is 15.5. The Morgan fingerprint density at radius 3 is 2.70 bits per heavy atom. The van der Waals surface area contributed by atoms with E-state index >= 15 is 0 Å². The van der Waals surface area contributed by atoms with Gasteiger partial charge in [-0.25, -0.2) is 0 Å². The van der Waals surface area contributed by atoms with Crippen LogP contribution >= 0.6 is 23.5 Å². The van der Waals surface area contributed by atoms with Gasteiger partial charge in [0.15, 0.2) is 16.7 Å². The van der Waals surface area contributed by atoms with E-state index in [9.17, 15) is 19.2 Å². The van der Waals surface area contributed by atoms with Gasteiger partial charge in [0.2, 0.25) is 5.91 Å². The summed E-state index contributed by atoms with van der Waals surface area (Å²) in [4.78, 5) is 50.4. The van der Waals surface area contributed by atoms with Crippen LogP contribution in [0, 0.1) is 0 Å². The molecule has 1 fully saturated rings. The normalized spacial score (nSPS) is 20.6. The molecule has 140 valence electrons. The number of esters is 1. The minimum atomic E-state index is -0.809. The number of benzene rings is 1. The van der Waals surface area contributed by atoms with Crippen LogP contribution in [0.25, 0.3) is 6.08 Å². The molecule has 1 aromatic rings. The number of aliphatic imine (C=N–C) groups is 1. The monoisotopic (exact) mass is 407 g/mol. The van der Waals surface area contributed by atoms with Crippen molar-refractivity contribution in [1.82, 2.24) is 5.32 Å². The summed E-state index contributed by atoms with van der Waals surface area (Å²) in [6.45, 7) is 0. The van der Waals surface area contributed by atoms with E-state index in [1.54, 1.807) is 18.2 Å². The molecule has 1 aromatic carbocycles. The van der Waals surface area contributed by atoms with Crippen LogP contribution < -0.4 is 20.5 Å². The number of rotatable bonds is 5. The highest BCUT2D eigenvalue weighted by atomic mass is 32.2. The third-order valence-corrected chi connectivity index (χ3v) is 5.26. The average molecular weight is 407 g/mol. The van der Waals surface area contributed by atoms with Crippen molar-refractivity contribution in [2.45, 2.75) is 11.7 Å². The lowest BCUT2D eigenvalue weighted by atomic mass is 10.2. The van der Waals surface area contributed by atoms with Crippen molar-refractivity contribution >= 4 is 57.8 Å². The molecule has 27 heavy (non-hydrogen) atoms. The molecule has 0 spiro atoms. The number of carbonyl (C=O) groups excluding carboxylic acids is 4. The fourth-order valence-electron chi connectivity index (χ4n) is 2.28. The molecule has 3 N–H and O–H groups in total. The Bertz CT molecular complexity index is 911. The molecule has 1 atom stereocenters. The van der Waals surface area contributed by atoms with E-state index in [0.29, 0.717) is 10.5 Å². The fraction of sp³-hybridized carbons (Fsp3) is 0.188. The van der Waals surface area contributed by atoms with Crippen molar-refractivity contribution in [3.05, 3.63) is 28.7 Å². The molecule has 3 amide bonds. The molecule has 3 rings (SSSR count). The molecular weight excluding hydrogens is 394 g/mol. The zero-order valence-electron chi connectivity index (χ0n) is 13.9. The van der Waals surface area contributed by atoms with Gasteiger partial charge < -0.3 is 15.2 Å². The number of nitrogens with one attached hydrogen (secondary N) is 1. The SMILES string of the molecule is COc1cc(/C=C2\SC(N)=NC2=O)ccc1OC(=O)CC1SC(=O)NC1=O. The first-order valence-electron chi connectivity index (χ1n) is 7.54. The van der Waals surface area contributed by atoms with Crippen LogP contribution in [0.3, 0.4) is 0 Å². The van der Waals surface area contributed by atoms with Gasteiger partial charge in [-0.2, -0.15) is 4.99 Å². The lowest BCUT2D eigenvalue weighted by molar-refractivity contribution is -0.136. The summed E-state index contributed by atoms with van der Waals surface area (Å²) in [5.74, 6) is -1.20. The van der Waals surface area contributed by atoms with Gasteiger partial charge in [-0.15, -0.1) is 0 Å². The van der Waals surface area contributed by atoms with Crippen LogP contribution in [0.5, 0.6) is 11.5 Å². The summed E-state index contributed by atoms with van der Waals surface area (Å²) >= 11 is 1.81. The third kappa shape index (κ3) is 4.49. The maximum absolute atomic E-state index is 12.1. The number of hydrogen-bond donors (Lipinski definition) is 2. The molecule has 11 heteroatoms. The average Bonchev–Trinajstić information content (AvgIpc) is 3.09. The first-order chi connectivity index (χ1) is 12.9. The van der Waals surface area contributed by atoms with Crippen LogP contribution in [-0.2, 0) is 14.4 Å². The van der Waals surface area contributed by atoms with Gasteiger partial charge in [0, 0.05) is 0 Å². The van der Waals surface area contributed by atoms with Gasteiger partial charge in [0.1, 0.15) is 5.25 Å². The molecule has 2 heterocycles. The molecule has 2 aliphatic heterocycles. The van der Waals surface area contributed by atoms with Crippen molar-refractivity contribution < 1.29 is 28.7 Å². The van der Waals surface area contributed by atoms with E-state index in [-0.39, 0.29) is 23.1 Å². The van der Waals surface area contributed by atoms with Crippen LogP contribution in [0.4, 0.5) is 4.79 Å². The van der Waals surface area contributed by atoms with Crippen molar-refractivity contribution in [3.63, 3.8) is 0 Å². The lowest BCUT2D eigenvalue weighted by Gasteiger charge is -2.11. The number of amidine groups is 1. The van der Waals surface area contributed by atoms with Crippen LogP contribution in [0.15, 0.2) is 28.1 Å². The van der Waals surface area contributed by atoms with Crippen LogP contribution in [0.2, 0.25) is 0 Å². The Balaban J connectivity index is 1.70. The smallest absolute Gasteiger partial charge is 0.312 e. The Hall–Kier alpha value is -2.79. The molecule has 0 radical (unpaired) electrons. The van der Waals surface area contributed by atoms with E-state index in [4.69, 9.17) is 15.2 Å². The summed E-state index contributed by atoms with van der Waals surface area (Å²) in [7, 11) is 1.40. The summed E-state index contributed by atoms with van der Waals surface area (Å²) in [6.07, 6.45) is 1.34. The van der Waals surface area contributed by atoms with E-state index < -0.39 is 28.3 Å². The third-order valence-electron chi connectivity index (χ3n) is 3.47. The first-order valence-corrected chi connectivity index (χ1v) is 9.23. The van der Waals surface area contributed by atoms with Crippen molar-refractivity contribution in [1.29, 1.82) is 0 Å². The second kappa shape index (κ2) is 7.84. The standard InChI is InChI=1S/C16H13N3O6S2/c1-24-9-4-7(5-10-13(21)18-15(17)26-10)2-3-8(9)25-12(20)6-11-14(22)19-16(23)27-11/h2-5,11H,6H2,1H3,(H2,17,18,21)(H,19,22,23)/b10-5-. The summed E-state index contributed by atoms with van der Waals surface area (Å²) in [5.41, 5.74) is 6.14. The molecule has 1 unspecified atom stereocenters. The van der Waals surface area contributed by atoms with Gasteiger partial charge in [-0.3, -0.25) is 24.5 Å². The predicted molar refractivity (Wildman–Crippen MR) is 100 cm³/mol. The zero-order chi connectivity index (χ0) is 19.6. The maximum Gasteiger partial charge on any atom is 0.312 e. The molecule has 2 aliphatic rings. The largest absolute Gasteiger partial charge is 0.493 e. The minimum absolute atomic E-state index is 0.153. The van der Waals surface area contributed by atoms with Crippen LogP contribution in [-0.4, -0.2) is 40.6 Å². The molecule has 9 nitrogen and oxygen atoms in total. The van der Waals surface area contributed by atoms with E-state index in [1.165, 1.54) is 13.2 Å². The van der Waals surface area contributed by atoms with Gasteiger partial charge >= 0.3 is 5.97 Å². The van der Waals surface area contributed by atoms with Gasteiger partial charge in [-0.1, -0.05) is 17.8 Å². The van der Waals surface area contributed by atoms with E-state index in [0.717, 1.165) is 23.5 Å². The number of amides is 3. The Morgan fingerprint density at radius 2 is 2.11 bits per heavy atom. The topological polar surface area (TPSA) is 137 Å². The number of methoxy groups -OCH3 is 1. The second-order valence-corrected chi connectivity index (χ2v) is 7.58. The highest BCUT2D eigenvalue weighted by Crippen LogP contribution is 2.32. The number of imide groups is 1. The number of thioether (sulfide) groups is 2. The molecule has 0 aromatic heterocycles. The lowest BCUT2D eigenvalue weighted by Crippen LogP contribution is -2.27. The number of hydrogen-bond acceptors (Lipinski definition) is 9. The molecule has 1 saturated heterocycles. The minimum Gasteiger partial charge on any atom is -0.493 e. The van der Waals surface area contributed by atoms with Gasteiger partial charge in [-0.05, 0) is 35.5 Å². The van der Waals surface area contributed by atoms with Gasteiger partial charge in [0.05, 0.1) is 18.4 Å². The Labute approximate surface area is 161 Å². The van der Waals surface area contributed by atoms with Crippen molar-refractivity contribution in [3.8, 4) is 11.5 Å². The number of carbonyl (C=O) groups is 4.